The van der Waals surface area contributed by atoms with Crippen molar-refractivity contribution in [3.8, 4) is 0 Å². The number of hydrogen-bond acceptors (Lipinski definition) is 2. The minimum Gasteiger partial charge on any atom is -0.351 e. The van der Waals surface area contributed by atoms with Gasteiger partial charge in [-0.2, -0.15) is 0 Å². The molecule has 2 fully saturated rings. The highest BCUT2D eigenvalue weighted by Gasteiger charge is 2.45. The molecule has 0 aromatic heterocycles. The van der Waals surface area contributed by atoms with Crippen molar-refractivity contribution in [2.45, 2.75) is 50.2 Å². The largest absolute Gasteiger partial charge is 0.351 e. The monoisotopic (exact) mass is 366 g/mol. The van der Waals surface area contributed by atoms with E-state index in [1.54, 1.807) is 30.3 Å². The molecule has 2 saturated heterocycles. The summed E-state index contributed by atoms with van der Waals surface area (Å²) in [6, 6.07) is 15.1. The molecule has 2 aromatic carbocycles. The van der Waals surface area contributed by atoms with Crippen LogP contribution >= 0.6 is 0 Å². The fourth-order valence-electron chi connectivity index (χ4n) is 4.39. The summed E-state index contributed by atoms with van der Waals surface area (Å²) in [4.78, 5) is 27.3. The van der Waals surface area contributed by atoms with Gasteiger partial charge in [-0.1, -0.05) is 42.8 Å². The highest BCUT2D eigenvalue weighted by Crippen LogP contribution is 2.41. The Morgan fingerprint density at radius 3 is 2.56 bits per heavy atom. The third-order valence-electron chi connectivity index (χ3n) is 5.65. The minimum absolute atomic E-state index is 0.0194. The van der Waals surface area contributed by atoms with Gasteiger partial charge in [0.2, 0.25) is 5.91 Å². The van der Waals surface area contributed by atoms with Gasteiger partial charge in [-0.05, 0) is 37.5 Å². The number of hydrogen-bond donors (Lipinski definition) is 1. The van der Waals surface area contributed by atoms with Gasteiger partial charge in [-0.15, -0.1) is 0 Å². The second-order valence-corrected chi connectivity index (χ2v) is 7.34. The van der Waals surface area contributed by atoms with Gasteiger partial charge in [-0.3, -0.25) is 9.59 Å². The van der Waals surface area contributed by atoms with Crippen molar-refractivity contribution in [1.29, 1.82) is 0 Å². The highest BCUT2D eigenvalue weighted by molar-refractivity contribution is 5.95. The number of fused-ring (bicyclic) bond motifs is 1. The van der Waals surface area contributed by atoms with Crippen LogP contribution in [0.25, 0.3) is 0 Å². The maximum Gasteiger partial charge on any atom is 0.254 e. The van der Waals surface area contributed by atoms with E-state index >= 15 is 0 Å². The SMILES string of the molecule is O=C1CCCC[C@H]2[C@@H](C[C@@H](c3ccccc3F)N2C(=O)c2ccccc2)N1. The van der Waals surface area contributed by atoms with Crippen LogP contribution in [-0.2, 0) is 4.79 Å². The number of benzene rings is 2. The van der Waals surface area contributed by atoms with E-state index in [1.165, 1.54) is 6.07 Å². The molecule has 0 unspecified atom stereocenters. The number of carbonyl (C=O) groups excluding carboxylic acids is 2. The number of carbonyl (C=O) groups is 2. The molecule has 4 nitrogen and oxygen atoms in total. The average molecular weight is 366 g/mol. The van der Waals surface area contributed by atoms with E-state index in [0.717, 1.165) is 19.3 Å². The Hall–Kier alpha value is -2.69. The van der Waals surface area contributed by atoms with Crippen LogP contribution in [-0.4, -0.2) is 28.8 Å². The molecule has 0 radical (unpaired) electrons. The number of amides is 2. The van der Waals surface area contributed by atoms with Crippen LogP contribution in [0.1, 0.15) is 54.1 Å². The Labute approximate surface area is 158 Å². The molecule has 0 saturated carbocycles. The van der Waals surface area contributed by atoms with Gasteiger partial charge in [0, 0.05) is 17.5 Å². The fourth-order valence-corrected chi connectivity index (χ4v) is 4.39. The zero-order valence-electron chi connectivity index (χ0n) is 15.1. The third kappa shape index (κ3) is 3.46. The van der Waals surface area contributed by atoms with Gasteiger partial charge < -0.3 is 10.2 Å². The topological polar surface area (TPSA) is 49.4 Å². The number of halogens is 1. The summed E-state index contributed by atoms with van der Waals surface area (Å²) in [5.41, 5.74) is 1.11. The lowest BCUT2D eigenvalue weighted by Gasteiger charge is -2.33. The zero-order valence-corrected chi connectivity index (χ0v) is 15.1. The lowest BCUT2D eigenvalue weighted by molar-refractivity contribution is -0.122. The van der Waals surface area contributed by atoms with Crippen molar-refractivity contribution < 1.29 is 14.0 Å². The van der Waals surface area contributed by atoms with Crippen molar-refractivity contribution in [2.24, 2.45) is 0 Å². The van der Waals surface area contributed by atoms with Crippen molar-refractivity contribution in [3.63, 3.8) is 0 Å². The molecule has 140 valence electrons. The van der Waals surface area contributed by atoms with E-state index in [9.17, 15) is 14.0 Å². The van der Waals surface area contributed by atoms with E-state index in [0.29, 0.717) is 24.0 Å². The quantitative estimate of drug-likeness (QED) is 0.878. The molecule has 0 aliphatic carbocycles. The van der Waals surface area contributed by atoms with Gasteiger partial charge in [0.05, 0.1) is 18.1 Å². The first-order valence-electron chi connectivity index (χ1n) is 9.56. The number of nitrogens with one attached hydrogen (secondary N) is 1. The van der Waals surface area contributed by atoms with Crippen molar-refractivity contribution in [1.82, 2.24) is 10.2 Å². The predicted octanol–water partition coefficient (Wildman–Crippen LogP) is 3.84. The van der Waals surface area contributed by atoms with E-state index in [4.69, 9.17) is 0 Å². The van der Waals surface area contributed by atoms with Gasteiger partial charge >= 0.3 is 0 Å². The first-order valence-corrected chi connectivity index (χ1v) is 9.56. The molecule has 2 aromatic rings. The van der Waals surface area contributed by atoms with Gasteiger partial charge in [0.1, 0.15) is 5.82 Å². The van der Waals surface area contributed by atoms with Crippen molar-refractivity contribution in [2.75, 3.05) is 0 Å². The van der Waals surface area contributed by atoms with Crippen LogP contribution in [0.15, 0.2) is 54.6 Å². The van der Waals surface area contributed by atoms with E-state index < -0.39 is 0 Å². The zero-order chi connectivity index (χ0) is 18.8. The summed E-state index contributed by atoms with van der Waals surface area (Å²) in [6.07, 6.45) is 3.56. The Morgan fingerprint density at radius 2 is 1.78 bits per heavy atom. The van der Waals surface area contributed by atoms with Crippen molar-refractivity contribution >= 4 is 11.8 Å². The van der Waals surface area contributed by atoms with Gasteiger partial charge in [0.25, 0.3) is 5.91 Å². The summed E-state index contributed by atoms with van der Waals surface area (Å²) in [5.74, 6) is -0.397. The summed E-state index contributed by atoms with van der Waals surface area (Å²) in [5, 5.41) is 3.08. The van der Waals surface area contributed by atoms with Crippen LogP contribution in [0, 0.1) is 5.82 Å². The summed E-state index contributed by atoms with van der Waals surface area (Å²) in [7, 11) is 0. The molecule has 0 bridgehead atoms. The van der Waals surface area contributed by atoms with E-state index in [1.807, 2.05) is 23.1 Å². The van der Waals surface area contributed by atoms with Crippen LogP contribution in [0.5, 0.6) is 0 Å². The normalized spacial score (nSPS) is 25.3. The molecule has 1 N–H and O–H groups in total. The van der Waals surface area contributed by atoms with Crippen LogP contribution in [0.2, 0.25) is 0 Å². The maximum atomic E-state index is 14.6. The lowest BCUT2D eigenvalue weighted by atomic mass is 9.97. The van der Waals surface area contributed by atoms with Crippen LogP contribution in [0.4, 0.5) is 4.39 Å². The molecular formula is C22H23FN2O2. The average Bonchev–Trinajstić information content (AvgIpc) is 3.01. The van der Waals surface area contributed by atoms with E-state index in [-0.39, 0.29) is 35.8 Å². The first-order chi connectivity index (χ1) is 13.1. The Kier molecular flexibility index (Phi) is 4.92. The third-order valence-corrected chi connectivity index (χ3v) is 5.65. The smallest absolute Gasteiger partial charge is 0.254 e. The van der Waals surface area contributed by atoms with Gasteiger partial charge in [-0.25, -0.2) is 4.39 Å². The summed E-state index contributed by atoms with van der Waals surface area (Å²) >= 11 is 0. The van der Waals surface area contributed by atoms with Crippen LogP contribution < -0.4 is 5.32 Å². The Balaban J connectivity index is 1.75. The minimum atomic E-state index is -0.382. The Bertz CT molecular complexity index is 839. The molecule has 4 rings (SSSR count). The molecule has 2 aliphatic rings. The molecule has 0 spiro atoms. The second-order valence-electron chi connectivity index (χ2n) is 7.34. The lowest BCUT2D eigenvalue weighted by Crippen LogP contribution is -2.48. The van der Waals surface area contributed by atoms with Crippen molar-refractivity contribution in [3.05, 3.63) is 71.5 Å². The van der Waals surface area contributed by atoms with Crippen LogP contribution in [0.3, 0.4) is 0 Å². The molecule has 2 heterocycles. The number of likely N-dealkylation sites (tertiary alicyclic amines) is 1. The number of nitrogens with zero attached hydrogens (tertiary/aromatic N) is 1. The molecule has 3 atom stereocenters. The maximum absolute atomic E-state index is 14.6. The Morgan fingerprint density at radius 1 is 1.04 bits per heavy atom. The standard InChI is InChI=1S/C22H23FN2O2/c23-17-11-5-4-10-16(17)20-14-18-19(12-6-7-13-21(26)24-18)25(20)22(27)15-8-2-1-3-9-15/h1-5,8-11,18-20H,6-7,12-14H2,(H,24,26)/t18-,19+,20+/m1/s1. The summed E-state index contributed by atoms with van der Waals surface area (Å²) < 4.78 is 14.6. The molecule has 5 heteroatoms. The first kappa shape index (κ1) is 17.7. The molecule has 2 amide bonds. The summed E-state index contributed by atoms with van der Waals surface area (Å²) in [6.45, 7) is 0. The number of rotatable bonds is 2. The second kappa shape index (κ2) is 7.51. The van der Waals surface area contributed by atoms with E-state index in [2.05, 4.69) is 5.32 Å². The molecule has 27 heavy (non-hydrogen) atoms. The molecule has 2 aliphatic heterocycles. The fraction of sp³-hybridized carbons (Fsp3) is 0.364. The van der Waals surface area contributed by atoms with Gasteiger partial charge in [0.15, 0.2) is 0 Å². The predicted molar refractivity (Wildman–Crippen MR) is 101 cm³/mol. The highest BCUT2D eigenvalue weighted by atomic mass is 19.1. The molecular weight excluding hydrogens is 343 g/mol.